The number of carbonyl (C=O) groups is 2. The summed E-state index contributed by atoms with van der Waals surface area (Å²) in [5.41, 5.74) is -0.825. The Hall–Kier alpha value is -2.78. The van der Waals surface area contributed by atoms with Crippen molar-refractivity contribution in [1.82, 2.24) is 10.2 Å². The lowest BCUT2D eigenvalue weighted by Crippen LogP contribution is -2.60. The molecule has 1 aliphatic rings. The number of hydrogen-bond donors (Lipinski definition) is 2. The van der Waals surface area contributed by atoms with Crippen LogP contribution in [0.1, 0.15) is 45.2 Å². The van der Waals surface area contributed by atoms with Gasteiger partial charge in [0.05, 0.1) is 12.0 Å². The molecule has 0 spiro atoms. The van der Waals surface area contributed by atoms with Gasteiger partial charge in [0.25, 0.3) is 0 Å². The highest BCUT2D eigenvalue weighted by atomic mass is 35.5. The second-order valence-corrected chi connectivity index (χ2v) is 10.9. The van der Waals surface area contributed by atoms with E-state index in [1.807, 2.05) is 13.8 Å². The summed E-state index contributed by atoms with van der Waals surface area (Å²) in [4.78, 5) is 27.9. The predicted octanol–water partition coefficient (Wildman–Crippen LogP) is 5.07. The molecule has 0 saturated carbocycles. The minimum Gasteiger partial charge on any atom is -0.406 e. The zero-order chi connectivity index (χ0) is 27.6. The second-order valence-electron chi connectivity index (χ2n) is 10.4. The lowest BCUT2D eigenvalue weighted by molar-refractivity contribution is -0.274. The minimum absolute atomic E-state index is 0.215. The Morgan fingerprint density at radius 2 is 1.81 bits per heavy atom. The maximum absolute atomic E-state index is 13.5. The maximum Gasteiger partial charge on any atom is 0.573 e. The first-order chi connectivity index (χ1) is 17.1. The van der Waals surface area contributed by atoms with Crippen molar-refractivity contribution in [2.75, 3.05) is 13.1 Å². The second kappa shape index (κ2) is 10.9. The Labute approximate surface area is 219 Å². The molecule has 3 rings (SSSR count). The molecule has 2 N–H and O–H groups in total. The van der Waals surface area contributed by atoms with Crippen LogP contribution in [-0.2, 0) is 21.6 Å². The van der Waals surface area contributed by atoms with Crippen molar-refractivity contribution in [3.63, 3.8) is 0 Å². The van der Waals surface area contributed by atoms with Gasteiger partial charge in [0.1, 0.15) is 11.8 Å². The van der Waals surface area contributed by atoms with Gasteiger partial charge in [-0.05, 0) is 47.7 Å². The number of benzene rings is 2. The Bertz CT molecular complexity index is 1120. The van der Waals surface area contributed by atoms with E-state index < -0.39 is 35.1 Å². The summed E-state index contributed by atoms with van der Waals surface area (Å²) < 4.78 is 41.5. The van der Waals surface area contributed by atoms with Crippen molar-refractivity contribution in [1.29, 1.82) is 0 Å². The van der Waals surface area contributed by atoms with Crippen LogP contribution in [0.3, 0.4) is 0 Å². The van der Waals surface area contributed by atoms with E-state index in [0.717, 1.165) is 17.7 Å². The average molecular weight is 541 g/mol. The van der Waals surface area contributed by atoms with Gasteiger partial charge >= 0.3 is 6.36 Å². The highest BCUT2D eigenvalue weighted by molar-refractivity contribution is 6.30. The van der Waals surface area contributed by atoms with Gasteiger partial charge in [-0.15, -0.1) is 13.2 Å². The van der Waals surface area contributed by atoms with Crippen molar-refractivity contribution in [3.05, 3.63) is 64.7 Å². The average Bonchev–Trinajstić information content (AvgIpc) is 2.78. The fourth-order valence-electron chi connectivity index (χ4n) is 4.74. The molecule has 6 nitrogen and oxygen atoms in total. The van der Waals surface area contributed by atoms with E-state index in [9.17, 15) is 27.9 Å². The smallest absolute Gasteiger partial charge is 0.406 e. The van der Waals surface area contributed by atoms with Crippen molar-refractivity contribution in [3.8, 4) is 5.75 Å². The SMILES string of the molecule is CC(C)[C@@H](NC(=O)Cc1cccc(OC(F)(F)F)c1)C(=O)N1CC[C@](O)(c2ccc(Cl)cc2)C(C)(C)C1. The molecule has 202 valence electrons. The zero-order valence-electron chi connectivity index (χ0n) is 21.2. The van der Waals surface area contributed by atoms with Crippen LogP contribution in [0.2, 0.25) is 5.02 Å². The largest absolute Gasteiger partial charge is 0.573 e. The van der Waals surface area contributed by atoms with E-state index in [0.29, 0.717) is 17.0 Å². The van der Waals surface area contributed by atoms with Crippen LogP contribution < -0.4 is 10.1 Å². The molecule has 2 aromatic carbocycles. The molecule has 0 aliphatic carbocycles. The molecule has 1 saturated heterocycles. The van der Waals surface area contributed by atoms with E-state index in [1.165, 1.54) is 12.1 Å². The Morgan fingerprint density at radius 1 is 1.16 bits per heavy atom. The molecule has 2 amide bonds. The first kappa shape index (κ1) is 28.8. The van der Waals surface area contributed by atoms with E-state index in [-0.39, 0.29) is 31.3 Å². The molecule has 2 atom stereocenters. The van der Waals surface area contributed by atoms with Gasteiger partial charge in [-0.2, -0.15) is 0 Å². The third-order valence-electron chi connectivity index (χ3n) is 6.83. The van der Waals surface area contributed by atoms with Crippen molar-refractivity contribution < 1.29 is 32.6 Å². The first-order valence-electron chi connectivity index (χ1n) is 12.0. The van der Waals surface area contributed by atoms with Gasteiger partial charge in [0.15, 0.2) is 0 Å². The van der Waals surface area contributed by atoms with Crippen LogP contribution in [0.25, 0.3) is 0 Å². The van der Waals surface area contributed by atoms with Crippen LogP contribution in [0.4, 0.5) is 13.2 Å². The molecule has 0 bridgehead atoms. The predicted molar refractivity (Wildman–Crippen MR) is 134 cm³/mol. The Kier molecular flexibility index (Phi) is 8.49. The number of aliphatic hydroxyl groups is 1. The van der Waals surface area contributed by atoms with Crippen LogP contribution in [0, 0.1) is 11.3 Å². The quantitative estimate of drug-likeness (QED) is 0.514. The lowest BCUT2D eigenvalue weighted by Gasteiger charge is -2.51. The summed E-state index contributed by atoms with van der Waals surface area (Å²) in [6.07, 6.45) is -4.75. The number of nitrogens with one attached hydrogen (secondary N) is 1. The van der Waals surface area contributed by atoms with Gasteiger partial charge in [0.2, 0.25) is 11.8 Å². The molecule has 0 radical (unpaired) electrons. The molecule has 0 unspecified atom stereocenters. The topological polar surface area (TPSA) is 78.9 Å². The fraction of sp³-hybridized carbons (Fsp3) is 0.481. The first-order valence-corrected chi connectivity index (χ1v) is 12.4. The monoisotopic (exact) mass is 540 g/mol. The summed E-state index contributed by atoms with van der Waals surface area (Å²) in [5, 5.41) is 14.9. The molecule has 2 aromatic rings. The van der Waals surface area contributed by atoms with Gasteiger partial charge in [-0.25, -0.2) is 0 Å². The number of nitrogens with zero attached hydrogens (tertiary/aromatic N) is 1. The van der Waals surface area contributed by atoms with Gasteiger partial charge in [-0.3, -0.25) is 9.59 Å². The van der Waals surface area contributed by atoms with E-state index in [2.05, 4.69) is 10.1 Å². The molecular formula is C27H32ClF3N2O4. The summed E-state index contributed by atoms with van der Waals surface area (Å²) in [6, 6.07) is 11.4. The third kappa shape index (κ3) is 6.96. The van der Waals surface area contributed by atoms with Crippen LogP contribution in [-0.4, -0.2) is 47.3 Å². The molecule has 1 aliphatic heterocycles. The van der Waals surface area contributed by atoms with Gasteiger partial charge in [-0.1, -0.05) is 63.6 Å². The van der Waals surface area contributed by atoms with Crippen molar-refractivity contribution in [2.24, 2.45) is 11.3 Å². The number of rotatable bonds is 7. The van der Waals surface area contributed by atoms with Gasteiger partial charge in [0, 0.05) is 23.5 Å². The van der Waals surface area contributed by atoms with E-state index in [1.54, 1.807) is 43.0 Å². The molecular weight excluding hydrogens is 509 g/mol. The van der Waals surface area contributed by atoms with E-state index >= 15 is 0 Å². The number of halogens is 4. The standard InChI is InChI=1S/C27H32ClF3N2O4/c1-17(2)23(32-22(34)15-18-6-5-7-21(14-18)37-27(29,30)31)24(35)33-13-12-26(36,25(3,4)16-33)19-8-10-20(28)11-9-19/h5-11,14,17,23,36H,12-13,15-16H2,1-4H3,(H,32,34)/t23-,26+/m1/s1. The van der Waals surface area contributed by atoms with E-state index in [4.69, 9.17) is 11.6 Å². The molecule has 1 heterocycles. The highest BCUT2D eigenvalue weighted by Gasteiger charge is 2.50. The molecule has 37 heavy (non-hydrogen) atoms. The summed E-state index contributed by atoms with van der Waals surface area (Å²) in [6.45, 7) is 7.94. The summed E-state index contributed by atoms with van der Waals surface area (Å²) in [7, 11) is 0. The lowest BCUT2D eigenvalue weighted by atomic mass is 9.66. The number of alkyl halides is 3. The zero-order valence-corrected chi connectivity index (χ0v) is 22.0. The highest BCUT2D eigenvalue weighted by Crippen LogP contribution is 2.46. The number of likely N-dealkylation sites (tertiary alicyclic amines) is 1. The normalized spacial score (nSPS) is 20.4. The van der Waals surface area contributed by atoms with Crippen LogP contribution >= 0.6 is 11.6 Å². The number of amides is 2. The van der Waals surface area contributed by atoms with Crippen LogP contribution in [0.15, 0.2) is 48.5 Å². The minimum atomic E-state index is -4.84. The van der Waals surface area contributed by atoms with Gasteiger partial charge < -0.3 is 20.1 Å². The number of hydrogen-bond acceptors (Lipinski definition) is 4. The Balaban J connectivity index is 1.69. The Morgan fingerprint density at radius 3 is 2.38 bits per heavy atom. The van der Waals surface area contributed by atoms with Crippen molar-refractivity contribution in [2.45, 2.75) is 58.5 Å². The summed E-state index contributed by atoms with van der Waals surface area (Å²) in [5.74, 6) is -1.43. The fourth-order valence-corrected chi connectivity index (χ4v) is 4.87. The molecule has 1 fully saturated rings. The maximum atomic E-state index is 13.5. The molecule has 10 heteroatoms. The molecule has 0 aromatic heterocycles. The third-order valence-corrected chi connectivity index (χ3v) is 7.08. The number of piperidine rings is 1. The van der Waals surface area contributed by atoms with Crippen LogP contribution in [0.5, 0.6) is 5.75 Å². The number of ether oxygens (including phenoxy) is 1. The van der Waals surface area contributed by atoms with Crippen molar-refractivity contribution >= 4 is 23.4 Å². The number of carbonyl (C=O) groups excluding carboxylic acids is 2. The summed E-state index contributed by atoms with van der Waals surface area (Å²) >= 11 is 6.00.